The Morgan fingerprint density at radius 1 is 1.30 bits per heavy atom. The molecule has 144 valence electrons. The van der Waals surface area contributed by atoms with Gasteiger partial charge in [0.1, 0.15) is 17.3 Å². The second-order valence-corrected chi connectivity index (χ2v) is 8.55. The number of para-hydroxylation sites is 1. The van der Waals surface area contributed by atoms with Gasteiger partial charge >= 0.3 is 0 Å². The van der Waals surface area contributed by atoms with Gasteiger partial charge in [0, 0.05) is 18.8 Å². The monoisotopic (exact) mass is 395 g/mol. The Labute approximate surface area is 156 Å². The Balaban J connectivity index is 1.83. The molecular weight excluding hydrogens is 376 g/mol. The van der Waals surface area contributed by atoms with Crippen molar-refractivity contribution < 1.29 is 22.0 Å². The molecule has 1 aliphatic rings. The van der Waals surface area contributed by atoms with Crippen LogP contribution in [0, 0.1) is 11.6 Å². The summed E-state index contributed by atoms with van der Waals surface area (Å²) in [5.41, 5.74) is 0.179. The minimum absolute atomic E-state index is 0.0533. The van der Waals surface area contributed by atoms with Crippen LogP contribution in [0.15, 0.2) is 36.7 Å². The van der Waals surface area contributed by atoms with E-state index in [9.17, 15) is 22.0 Å². The Morgan fingerprint density at radius 2 is 2.00 bits per heavy atom. The van der Waals surface area contributed by atoms with E-state index in [1.807, 2.05) is 11.8 Å². The molecule has 27 heavy (non-hydrogen) atoms. The molecule has 9 heteroatoms. The van der Waals surface area contributed by atoms with Crippen LogP contribution in [0.25, 0.3) is 0 Å². The van der Waals surface area contributed by atoms with Crippen LogP contribution in [0.5, 0.6) is 0 Å². The molecule has 1 N–H and O–H groups in total. The number of anilines is 2. The summed E-state index contributed by atoms with van der Waals surface area (Å²) in [6, 6.07) is 4.65. The largest absolute Gasteiger partial charge is 0.367 e. The maximum Gasteiger partial charge on any atom is 0.257 e. The van der Waals surface area contributed by atoms with Gasteiger partial charge < -0.3 is 10.2 Å². The van der Waals surface area contributed by atoms with Gasteiger partial charge in [-0.15, -0.1) is 0 Å². The first-order valence-corrected chi connectivity index (χ1v) is 10.3. The first-order valence-electron chi connectivity index (χ1n) is 8.48. The Bertz CT molecular complexity index is 946. The van der Waals surface area contributed by atoms with Crippen LogP contribution >= 0.6 is 0 Å². The van der Waals surface area contributed by atoms with Crippen LogP contribution in [0.2, 0.25) is 0 Å². The van der Waals surface area contributed by atoms with Gasteiger partial charge in [-0.2, -0.15) is 0 Å². The Morgan fingerprint density at radius 3 is 2.59 bits per heavy atom. The van der Waals surface area contributed by atoms with E-state index in [1.165, 1.54) is 24.5 Å². The first kappa shape index (κ1) is 19.2. The summed E-state index contributed by atoms with van der Waals surface area (Å²) in [5, 5.41) is 2.22. The fraction of sp³-hybridized carbons (Fsp3) is 0.333. The van der Waals surface area contributed by atoms with Gasteiger partial charge in [-0.1, -0.05) is 6.07 Å². The van der Waals surface area contributed by atoms with Crippen LogP contribution < -0.4 is 10.2 Å². The van der Waals surface area contributed by atoms with Gasteiger partial charge in [0.2, 0.25) is 0 Å². The highest BCUT2D eigenvalue weighted by Gasteiger charge is 2.32. The molecule has 1 aromatic heterocycles. The summed E-state index contributed by atoms with van der Waals surface area (Å²) >= 11 is 0. The molecule has 6 nitrogen and oxygen atoms in total. The molecule has 1 saturated heterocycles. The molecule has 0 saturated carbocycles. The average molecular weight is 395 g/mol. The van der Waals surface area contributed by atoms with Crippen molar-refractivity contribution in [2.75, 3.05) is 28.3 Å². The summed E-state index contributed by atoms with van der Waals surface area (Å²) in [5.74, 6) is -2.27. The molecule has 1 amide bonds. The van der Waals surface area contributed by atoms with E-state index in [0.717, 1.165) is 12.1 Å². The number of nitrogens with zero attached hydrogens (tertiary/aromatic N) is 2. The van der Waals surface area contributed by atoms with Gasteiger partial charge in [-0.05, 0) is 31.5 Å². The number of nitrogens with one attached hydrogen (secondary N) is 1. The van der Waals surface area contributed by atoms with Crippen molar-refractivity contribution in [1.29, 1.82) is 0 Å². The molecule has 0 spiro atoms. The van der Waals surface area contributed by atoms with Crippen molar-refractivity contribution in [1.82, 2.24) is 4.98 Å². The number of carbonyl (C=O) groups is 1. The van der Waals surface area contributed by atoms with E-state index in [-0.39, 0.29) is 23.1 Å². The fourth-order valence-corrected chi connectivity index (χ4v) is 4.92. The molecule has 1 fully saturated rings. The van der Waals surface area contributed by atoms with Crippen molar-refractivity contribution in [3.63, 3.8) is 0 Å². The number of hydrogen-bond donors (Lipinski definition) is 1. The molecule has 0 radical (unpaired) electrons. The highest BCUT2D eigenvalue weighted by atomic mass is 32.2. The van der Waals surface area contributed by atoms with Crippen LogP contribution in [-0.4, -0.2) is 43.4 Å². The van der Waals surface area contributed by atoms with E-state index in [1.54, 1.807) is 0 Å². The molecule has 1 aromatic carbocycles. The van der Waals surface area contributed by atoms with Crippen LogP contribution in [0.4, 0.5) is 20.2 Å². The van der Waals surface area contributed by atoms with Gasteiger partial charge in [-0.3, -0.25) is 9.78 Å². The maximum atomic E-state index is 13.7. The van der Waals surface area contributed by atoms with Crippen LogP contribution in [0.3, 0.4) is 0 Å². The highest BCUT2D eigenvalue weighted by molar-refractivity contribution is 7.91. The van der Waals surface area contributed by atoms with Crippen molar-refractivity contribution in [3.05, 3.63) is 53.9 Å². The molecule has 1 unspecified atom stereocenters. The lowest BCUT2D eigenvalue weighted by Crippen LogP contribution is -2.36. The first-order chi connectivity index (χ1) is 12.8. The summed E-state index contributed by atoms with van der Waals surface area (Å²) < 4.78 is 51.0. The third kappa shape index (κ3) is 4.24. The molecule has 2 heterocycles. The summed E-state index contributed by atoms with van der Waals surface area (Å²) in [7, 11) is -3.06. The number of halogens is 2. The van der Waals surface area contributed by atoms with Crippen molar-refractivity contribution in [2.45, 2.75) is 19.4 Å². The number of rotatable bonds is 5. The second kappa shape index (κ2) is 7.59. The quantitative estimate of drug-likeness (QED) is 0.842. The maximum absolute atomic E-state index is 13.7. The van der Waals surface area contributed by atoms with Gasteiger partial charge in [0.25, 0.3) is 5.91 Å². The molecule has 1 atom stereocenters. The fourth-order valence-electron chi connectivity index (χ4n) is 3.18. The highest BCUT2D eigenvalue weighted by Crippen LogP contribution is 2.25. The molecular formula is C18H19F2N3O3S. The van der Waals surface area contributed by atoms with Crippen molar-refractivity contribution in [3.8, 4) is 0 Å². The van der Waals surface area contributed by atoms with Crippen molar-refractivity contribution in [2.24, 2.45) is 0 Å². The minimum atomic E-state index is -3.06. The summed E-state index contributed by atoms with van der Waals surface area (Å²) in [6.45, 7) is 2.42. The summed E-state index contributed by atoms with van der Waals surface area (Å²) in [4.78, 5) is 18.3. The van der Waals surface area contributed by atoms with E-state index in [0.29, 0.717) is 18.7 Å². The van der Waals surface area contributed by atoms with E-state index in [4.69, 9.17) is 0 Å². The number of aromatic nitrogens is 1. The third-order valence-corrected chi connectivity index (χ3v) is 6.26. The SMILES string of the molecule is CCN(c1cncc(C(=O)Nc2c(F)cccc2F)c1)C1CCS(=O)(=O)C1. The molecule has 1 aliphatic heterocycles. The number of sulfone groups is 1. The normalized spacial score (nSPS) is 18.3. The van der Waals surface area contributed by atoms with Gasteiger partial charge in [0.15, 0.2) is 9.84 Å². The van der Waals surface area contributed by atoms with E-state index in [2.05, 4.69) is 10.3 Å². The topological polar surface area (TPSA) is 79.4 Å². The average Bonchev–Trinajstić information content (AvgIpc) is 2.98. The zero-order chi connectivity index (χ0) is 19.6. The lowest BCUT2D eigenvalue weighted by molar-refractivity contribution is 0.102. The number of benzene rings is 1. The lowest BCUT2D eigenvalue weighted by Gasteiger charge is -2.29. The Kier molecular flexibility index (Phi) is 5.41. The molecule has 0 aliphatic carbocycles. The molecule has 0 bridgehead atoms. The van der Waals surface area contributed by atoms with Gasteiger partial charge in [0.05, 0.1) is 29.0 Å². The summed E-state index contributed by atoms with van der Waals surface area (Å²) in [6.07, 6.45) is 3.33. The zero-order valence-electron chi connectivity index (χ0n) is 14.7. The number of hydrogen-bond acceptors (Lipinski definition) is 5. The lowest BCUT2D eigenvalue weighted by atomic mass is 10.1. The Hall–Kier alpha value is -2.55. The number of carbonyl (C=O) groups excluding carboxylic acids is 1. The van der Waals surface area contributed by atoms with Crippen LogP contribution in [0.1, 0.15) is 23.7 Å². The van der Waals surface area contributed by atoms with E-state index >= 15 is 0 Å². The predicted octanol–water partition coefficient (Wildman–Crippen LogP) is 2.63. The molecule has 2 aromatic rings. The predicted molar refractivity (Wildman–Crippen MR) is 98.6 cm³/mol. The smallest absolute Gasteiger partial charge is 0.257 e. The van der Waals surface area contributed by atoms with Crippen molar-refractivity contribution >= 4 is 27.1 Å². The van der Waals surface area contributed by atoms with Gasteiger partial charge in [-0.25, -0.2) is 17.2 Å². The number of pyridine rings is 1. The van der Waals surface area contributed by atoms with E-state index < -0.39 is 33.1 Å². The zero-order valence-corrected chi connectivity index (χ0v) is 15.5. The molecule has 3 rings (SSSR count). The van der Waals surface area contributed by atoms with Crippen LogP contribution in [-0.2, 0) is 9.84 Å². The standard InChI is InChI=1S/C18H19F2N3O3S/c1-2-23(13-6-7-27(25,26)11-13)14-8-12(9-21-10-14)18(24)22-17-15(19)4-3-5-16(17)20/h3-5,8-10,13H,2,6-7,11H2,1H3,(H,22,24). The second-order valence-electron chi connectivity index (χ2n) is 6.33. The third-order valence-electron chi connectivity index (χ3n) is 4.51. The number of amides is 1. The minimum Gasteiger partial charge on any atom is -0.367 e.